The lowest BCUT2D eigenvalue weighted by molar-refractivity contribution is 0.0733. The van der Waals surface area contributed by atoms with E-state index in [4.69, 9.17) is 0 Å². The van der Waals surface area contributed by atoms with Gasteiger partial charge >= 0.3 is 0 Å². The molecular weight excluding hydrogens is 307 g/mol. The van der Waals surface area contributed by atoms with Crippen molar-refractivity contribution in [3.05, 3.63) is 52.7 Å². The largest absolute Gasteiger partial charge is 0.360 e. The van der Waals surface area contributed by atoms with Gasteiger partial charge in [0.15, 0.2) is 0 Å². The number of carbonyl (C=O) groups is 1. The van der Waals surface area contributed by atoms with Crippen molar-refractivity contribution in [1.82, 2.24) is 14.9 Å². The lowest BCUT2D eigenvalue weighted by atomic mass is 10.0. The number of benzene rings is 1. The van der Waals surface area contributed by atoms with Crippen molar-refractivity contribution in [3.8, 4) is 0 Å². The zero-order valence-corrected chi connectivity index (χ0v) is 14.2. The normalized spacial score (nSPS) is 13.6. The minimum absolute atomic E-state index is 0.0914. The summed E-state index contributed by atoms with van der Waals surface area (Å²) in [6.07, 6.45) is 0.705. The first-order chi connectivity index (χ1) is 11.5. The molecule has 0 aliphatic carbocycles. The molecule has 24 heavy (non-hydrogen) atoms. The number of hydrogen-bond donors (Lipinski definition) is 0. The first-order valence-corrected chi connectivity index (χ1v) is 8.12. The number of nitrogens with zero attached hydrogens (tertiary/aromatic N) is 4. The maximum atomic E-state index is 13.1. The quantitative estimate of drug-likeness (QED) is 0.869. The van der Waals surface area contributed by atoms with E-state index in [9.17, 15) is 9.18 Å². The lowest BCUT2D eigenvalue weighted by Crippen LogP contribution is -2.38. The maximum absolute atomic E-state index is 13.1. The van der Waals surface area contributed by atoms with E-state index in [1.54, 1.807) is 4.90 Å². The molecule has 0 saturated carbocycles. The molecule has 0 spiro atoms. The van der Waals surface area contributed by atoms with Crippen LogP contribution in [0.4, 0.5) is 10.2 Å². The number of anilines is 1. The molecular formula is C18H21FN4O. The Morgan fingerprint density at radius 3 is 2.67 bits per heavy atom. The number of aryl methyl sites for hydroxylation is 1. The molecule has 2 aromatic rings. The molecule has 1 aliphatic rings. The van der Waals surface area contributed by atoms with Crippen LogP contribution < -0.4 is 4.90 Å². The highest BCUT2D eigenvalue weighted by Gasteiger charge is 2.26. The zero-order valence-electron chi connectivity index (χ0n) is 14.2. The summed E-state index contributed by atoms with van der Waals surface area (Å²) >= 11 is 0. The molecule has 1 aromatic carbocycles. The number of halogens is 1. The van der Waals surface area contributed by atoms with Gasteiger partial charge in [-0.3, -0.25) is 4.79 Å². The minimum atomic E-state index is -0.341. The molecule has 2 heterocycles. The molecule has 126 valence electrons. The van der Waals surface area contributed by atoms with Crippen molar-refractivity contribution in [2.24, 2.45) is 0 Å². The summed E-state index contributed by atoms with van der Waals surface area (Å²) in [7, 11) is 1.99. The van der Waals surface area contributed by atoms with Gasteiger partial charge in [-0.25, -0.2) is 14.4 Å². The number of fused-ring (bicyclic) bond motifs is 1. The van der Waals surface area contributed by atoms with Gasteiger partial charge < -0.3 is 9.80 Å². The van der Waals surface area contributed by atoms with Gasteiger partial charge in [-0.05, 0) is 38.1 Å². The van der Waals surface area contributed by atoms with Gasteiger partial charge in [0, 0.05) is 37.7 Å². The predicted molar refractivity (Wildman–Crippen MR) is 90.6 cm³/mol. The fraction of sp³-hybridized carbons (Fsp3) is 0.389. The SMILES string of the molecule is CCN(C)c1nc(C)nc2c1CN(C(=O)c1ccc(F)cc1)CC2. The second-order valence-electron chi connectivity index (χ2n) is 6.02. The smallest absolute Gasteiger partial charge is 0.254 e. The average Bonchev–Trinajstić information content (AvgIpc) is 2.60. The Bertz CT molecular complexity index is 760. The monoisotopic (exact) mass is 328 g/mol. The third kappa shape index (κ3) is 3.09. The van der Waals surface area contributed by atoms with Crippen molar-refractivity contribution < 1.29 is 9.18 Å². The van der Waals surface area contributed by atoms with Crippen LogP contribution in [0.15, 0.2) is 24.3 Å². The van der Waals surface area contributed by atoms with Crippen LogP contribution in [0.1, 0.15) is 34.4 Å². The molecule has 3 rings (SSSR count). The molecule has 1 aromatic heterocycles. The van der Waals surface area contributed by atoms with Crippen LogP contribution >= 0.6 is 0 Å². The van der Waals surface area contributed by atoms with E-state index in [-0.39, 0.29) is 11.7 Å². The van der Waals surface area contributed by atoms with Gasteiger partial charge in [-0.1, -0.05) is 0 Å². The second-order valence-corrected chi connectivity index (χ2v) is 6.02. The second kappa shape index (κ2) is 6.55. The highest BCUT2D eigenvalue weighted by molar-refractivity contribution is 5.94. The fourth-order valence-corrected chi connectivity index (χ4v) is 2.93. The molecule has 0 radical (unpaired) electrons. The molecule has 0 unspecified atom stereocenters. The Hall–Kier alpha value is -2.50. The first-order valence-electron chi connectivity index (χ1n) is 8.12. The molecule has 0 fully saturated rings. The summed E-state index contributed by atoms with van der Waals surface area (Å²) in [4.78, 5) is 25.6. The summed E-state index contributed by atoms with van der Waals surface area (Å²) in [5, 5.41) is 0. The van der Waals surface area contributed by atoms with Crippen molar-refractivity contribution in [2.75, 3.05) is 25.0 Å². The van der Waals surface area contributed by atoms with Crippen molar-refractivity contribution >= 4 is 11.7 Å². The summed E-state index contributed by atoms with van der Waals surface area (Å²) < 4.78 is 13.1. The van der Waals surface area contributed by atoms with Crippen LogP contribution in [-0.4, -0.2) is 40.9 Å². The third-order valence-electron chi connectivity index (χ3n) is 4.36. The van der Waals surface area contributed by atoms with Crippen LogP contribution in [0.3, 0.4) is 0 Å². The van der Waals surface area contributed by atoms with E-state index in [2.05, 4.69) is 21.8 Å². The number of rotatable bonds is 3. The third-order valence-corrected chi connectivity index (χ3v) is 4.36. The van der Waals surface area contributed by atoms with Crippen LogP contribution in [0.25, 0.3) is 0 Å². The van der Waals surface area contributed by atoms with E-state index >= 15 is 0 Å². The molecule has 0 bridgehead atoms. The Balaban J connectivity index is 1.90. The summed E-state index contributed by atoms with van der Waals surface area (Å²) in [5.41, 5.74) is 2.52. The molecule has 0 N–H and O–H groups in total. The molecule has 0 atom stereocenters. The average molecular weight is 328 g/mol. The Morgan fingerprint density at radius 2 is 2.00 bits per heavy atom. The zero-order chi connectivity index (χ0) is 17.3. The van der Waals surface area contributed by atoms with Gasteiger partial charge in [0.1, 0.15) is 17.5 Å². The van der Waals surface area contributed by atoms with E-state index in [1.807, 2.05) is 14.0 Å². The van der Waals surface area contributed by atoms with Crippen LogP contribution in [-0.2, 0) is 13.0 Å². The standard InChI is InChI=1S/C18H21FN4O/c1-4-22(3)17-15-11-23(10-9-16(15)20-12(2)21-17)18(24)13-5-7-14(19)8-6-13/h5-8H,4,9-11H2,1-3H3. The van der Waals surface area contributed by atoms with Crippen LogP contribution in [0.2, 0.25) is 0 Å². The fourth-order valence-electron chi connectivity index (χ4n) is 2.93. The van der Waals surface area contributed by atoms with Crippen molar-refractivity contribution in [3.63, 3.8) is 0 Å². The summed E-state index contributed by atoms with van der Waals surface area (Å²) in [5.74, 6) is 1.21. The Kier molecular flexibility index (Phi) is 4.46. The van der Waals surface area contributed by atoms with Crippen molar-refractivity contribution in [1.29, 1.82) is 0 Å². The number of hydrogen-bond acceptors (Lipinski definition) is 4. The van der Waals surface area contributed by atoms with Crippen LogP contribution in [0, 0.1) is 12.7 Å². The maximum Gasteiger partial charge on any atom is 0.254 e. The van der Waals surface area contributed by atoms with E-state index < -0.39 is 0 Å². The lowest BCUT2D eigenvalue weighted by Gasteiger charge is -2.31. The van der Waals surface area contributed by atoms with E-state index in [1.165, 1.54) is 24.3 Å². The minimum Gasteiger partial charge on any atom is -0.360 e. The number of aromatic nitrogens is 2. The molecule has 0 saturated heterocycles. The summed E-state index contributed by atoms with van der Waals surface area (Å²) in [6, 6.07) is 5.68. The topological polar surface area (TPSA) is 49.3 Å². The summed E-state index contributed by atoms with van der Waals surface area (Å²) in [6.45, 7) is 5.87. The molecule has 6 heteroatoms. The van der Waals surface area contributed by atoms with Crippen LogP contribution in [0.5, 0.6) is 0 Å². The van der Waals surface area contributed by atoms with Gasteiger partial charge in [0.05, 0.1) is 12.2 Å². The number of carbonyl (C=O) groups excluding carboxylic acids is 1. The Labute approximate surface area is 141 Å². The van der Waals surface area contributed by atoms with Gasteiger partial charge in [-0.15, -0.1) is 0 Å². The highest BCUT2D eigenvalue weighted by Crippen LogP contribution is 2.27. The van der Waals surface area contributed by atoms with Gasteiger partial charge in [0.2, 0.25) is 0 Å². The van der Waals surface area contributed by atoms with Gasteiger partial charge in [0.25, 0.3) is 5.91 Å². The molecule has 5 nitrogen and oxygen atoms in total. The number of amides is 1. The first kappa shape index (κ1) is 16.4. The highest BCUT2D eigenvalue weighted by atomic mass is 19.1. The van der Waals surface area contributed by atoms with Gasteiger partial charge in [-0.2, -0.15) is 0 Å². The predicted octanol–water partition coefficient (Wildman–Crippen LogP) is 2.58. The van der Waals surface area contributed by atoms with E-state index in [0.29, 0.717) is 25.1 Å². The Morgan fingerprint density at radius 1 is 1.29 bits per heavy atom. The van der Waals surface area contributed by atoms with E-state index in [0.717, 1.165) is 29.4 Å². The molecule has 1 amide bonds. The molecule has 1 aliphatic heterocycles. The van der Waals surface area contributed by atoms with Crippen molar-refractivity contribution in [2.45, 2.75) is 26.8 Å².